The van der Waals surface area contributed by atoms with Crippen LogP contribution in [0.1, 0.15) is 0 Å². The molecule has 0 aliphatic carbocycles. The lowest BCUT2D eigenvalue weighted by molar-refractivity contribution is 0.584. The van der Waals surface area contributed by atoms with E-state index in [1.54, 1.807) is 6.07 Å². The van der Waals surface area contributed by atoms with Gasteiger partial charge in [-0.1, -0.05) is 18.2 Å². The Kier molecular flexibility index (Phi) is 3.20. The second-order valence-electron chi connectivity index (χ2n) is 4.28. The molecule has 2 N–H and O–H groups in total. The number of anilines is 1. The van der Waals surface area contributed by atoms with Crippen molar-refractivity contribution < 1.29 is 8.78 Å². The molecule has 0 aliphatic rings. The largest absolute Gasteiger partial charge is 0.398 e. The second-order valence-corrected chi connectivity index (χ2v) is 5.14. The number of halogens is 2. The average molecular weight is 288 g/mol. The molecule has 3 aromatic rings. The lowest BCUT2D eigenvalue weighted by atomic mass is 10.1. The molecule has 2 nitrogen and oxygen atoms in total. The number of nitrogens with two attached hydrogens (primary N) is 1. The zero-order valence-electron chi connectivity index (χ0n) is 10.3. The third kappa shape index (κ3) is 2.40. The van der Waals surface area contributed by atoms with Crippen molar-refractivity contribution in [2.75, 3.05) is 5.73 Å². The molecular formula is C15H10F2N2S. The molecule has 0 unspecified atom stereocenters. The molecule has 0 aliphatic heterocycles. The Morgan fingerprint density at radius 1 is 1.00 bits per heavy atom. The van der Waals surface area contributed by atoms with Gasteiger partial charge < -0.3 is 5.73 Å². The van der Waals surface area contributed by atoms with E-state index in [0.29, 0.717) is 22.0 Å². The maximum atomic E-state index is 13.2. The Morgan fingerprint density at radius 3 is 2.40 bits per heavy atom. The van der Waals surface area contributed by atoms with Crippen LogP contribution in [0.15, 0.2) is 47.8 Å². The molecule has 1 heterocycles. The molecule has 0 bridgehead atoms. The summed E-state index contributed by atoms with van der Waals surface area (Å²) in [5.41, 5.74) is 8.45. The molecule has 0 atom stereocenters. The van der Waals surface area contributed by atoms with Gasteiger partial charge in [0.1, 0.15) is 16.6 Å². The Bertz CT molecular complexity index is 748. The molecule has 3 rings (SSSR count). The Morgan fingerprint density at radius 2 is 1.70 bits per heavy atom. The molecule has 0 amide bonds. The van der Waals surface area contributed by atoms with Gasteiger partial charge in [-0.2, -0.15) is 0 Å². The maximum Gasteiger partial charge on any atom is 0.126 e. The molecule has 0 spiro atoms. The van der Waals surface area contributed by atoms with Crippen molar-refractivity contribution in [2.45, 2.75) is 0 Å². The van der Waals surface area contributed by atoms with Crippen LogP contribution in [-0.2, 0) is 0 Å². The van der Waals surface area contributed by atoms with Gasteiger partial charge in [0.15, 0.2) is 0 Å². The van der Waals surface area contributed by atoms with Gasteiger partial charge in [0, 0.05) is 28.3 Å². The lowest BCUT2D eigenvalue weighted by Gasteiger charge is -2.01. The number of nitrogens with zero attached hydrogens (tertiary/aromatic N) is 1. The highest BCUT2D eigenvalue weighted by Gasteiger charge is 2.10. The van der Waals surface area contributed by atoms with Gasteiger partial charge >= 0.3 is 0 Å². The predicted octanol–water partition coefficient (Wildman–Crippen LogP) is 4.34. The minimum absolute atomic E-state index is 0.424. The maximum absolute atomic E-state index is 13.2. The first-order chi connectivity index (χ1) is 9.63. The van der Waals surface area contributed by atoms with Crippen molar-refractivity contribution in [3.8, 4) is 21.8 Å². The van der Waals surface area contributed by atoms with Crippen LogP contribution in [0.4, 0.5) is 14.5 Å². The summed E-state index contributed by atoms with van der Waals surface area (Å²) in [6, 6.07) is 10.7. The third-order valence-electron chi connectivity index (χ3n) is 2.85. The van der Waals surface area contributed by atoms with Gasteiger partial charge in [-0.25, -0.2) is 13.8 Å². The van der Waals surface area contributed by atoms with E-state index in [2.05, 4.69) is 4.98 Å². The fourth-order valence-corrected chi connectivity index (χ4v) is 2.75. The van der Waals surface area contributed by atoms with Crippen molar-refractivity contribution in [3.63, 3.8) is 0 Å². The van der Waals surface area contributed by atoms with Crippen LogP contribution in [0.5, 0.6) is 0 Å². The SMILES string of the molecule is Nc1ccccc1-c1csc(-c2cc(F)cc(F)c2)n1. The van der Waals surface area contributed by atoms with Gasteiger partial charge in [-0.3, -0.25) is 0 Å². The Hall–Kier alpha value is -2.27. The molecular weight excluding hydrogens is 278 g/mol. The van der Waals surface area contributed by atoms with Gasteiger partial charge in [0.05, 0.1) is 5.69 Å². The summed E-state index contributed by atoms with van der Waals surface area (Å²) in [5, 5.41) is 2.38. The molecule has 0 radical (unpaired) electrons. The van der Waals surface area contributed by atoms with Crippen LogP contribution in [0.25, 0.3) is 21.8 Å². The Labute approximate surface area is 118 Å². The molecule has 1 aromatic heterocycles. The van der Waals surface area contributed by atoms with Crippen LogP contribution < -0.4 is 5.73 Å². The van der Waals surface area contributed by atoms with E-state index >= 15 is 0 Å². The molecule has 0 saturated carbocycles. The van der Waals surface area contributed by atoms with Crippen molar-refractivity contribution in [2.24, 2.45) is 0 Å². The number of thiazole rings is 1. The predicted molar refractivity (Wildman–Crippen MR) is 77.3 cm³/mol. The van der Waals surface area contributed by atoms with Crippen molar-refractivity contribution in [1.29, 1.82) is 0 Å². The number of nitrogen functional groups attached to an aromatic ring is 1. The molecule has 20 heavy (non-hydrogen) atoms. The fraction of sp³-hybridized carbons (Fsp3) is 0. The summed E-state index contributed by atoms with van der Waals surface area (Å²) >= 11 is 1.32. The normalized spacial score (nSPS) is 10.7. The third-order valence-corrected chi connectivity index (χ3v) is 3.74. The van der Waals surface area contributed by atoms with E-state index < -0.39 is 11.6 Å². The smallest absolute Gasteiger partial charge is 0.126 e. The number of hydrogen-bond acceptors (Lipinski definition) is 3. The number of rotatable bonds is 2. The fourth-order valence-electron chi connectivity index (χ4n) is 1.94. The highest BCUT2D eigenvalue weighted by molar-refractivity contribution is 7.13. The van der Waals surface area contributed by atoms with Crippen LogP contribution in [0.2, 0.25) is 0 Å². The van der Waals surface area contributed by atoms with Crippen LogP contribution in [0.3, 0.4) is 0 Å². The summed E-state index contributed by atoms with van der Waals surface area (Å²) in [4.78, 5) is 4.40. The van der Waals surface area contributed by atoms with Gasteiger partial charge in [-0.05, 0) is 18.2 Å². The molecule has 100 valence electrons. The lowest BCUT2D eigenvalue weighted by Crippen LogP contribution is -1.89. The molecule has 2 aromatic carbocycles. The summed E-state index contributed by atoms with van der Waals surface area (Å²) in [6.45, 7) is 0. The summed E-state index contributed by atoms with van der Waals surface area (Å²) < 4.78 is 26.4. The first kappa shape index (κ1) is 12.7. The first-order valence-corrected chi connectivity index (χ1v) is 6.78. The molecule has 5 heteroatoms. The van der Waals surface area contributed by atoms with Crippen LogP contribution >= 0.6 is 11.3 Å². The second kappa shape index (κ2) is 5.02. The zero-order valence-corrected chi connectivity index (χ0v) is 11.1. The number of para-hydroxylation sites is 1. The number of aromatic nitrogens is 1. The van der Waals surface area contributed by atoms with Gasteiger partial charge in [0.2, 0.25) is 0 Å². The quantitative estimate of drug-likeness (QED) is 0.712. The van der Waals surface area contributed by atoms with Crippen molar-refractivity contribution >= 4 is 17.0 Å². The monoisotopic (exact) mass is 288 g/mol. The number of hydrogen-bond donors (Lipinski definition) is 1. The van der Waals surface area contributed by atoms with Crippen LogP contribution in [-0.4, -0.2) is 4.98 Å². The van der Waals surface area contributed by atoms with E-state index in [-0.39, 0.29) is 0 Å². The van der Waals surface area contributed by atoms with E-state index in [1.807, 2.05) is 23.6 Å². The average Bonchev–Trinajstić information content (AvgIpc) is 2.87. The van der Waals surface area contributed by atoms with Gasteiger partial charge in [-0.15, -0.1) is 11.3 Å². The van der Waals surface area contributed by atoms with E-state index in [4.69, 9.17) is 5.73 Å². The van der Waals surface area contributed by atoms with Crippen molar-refractivity contribution in [1.82, 2.24) is 4.98 Å². The van der Waals surface area contributed by atoms with E-state index in [9.17, 15) is 8.78 Å². The van der Waals surface area contributed by atoms with Gasteiger partial charge in [0.25, 0.3) is 0 Å². The number of benzene rings is 2. The first-order valence-electron chi connectivity index (χ1n) is 5.90. The highest BCUT2D eigenvalue weighted by atomic mass is 32.1. The zero-order chi connectivity index (χ0) is 14.1. The molecule has 0 saturated heterocycles. The topological polar surface area (TPSA) is 38.9 Å². The van der Waals surface area contributed by atoms with Crippen molar-refractivity contribution in [3.05, 3.63) is 59.5 Å². The summed E-state index contributed by atoms with van der Waals surface area (Å²) in [6.07, 6.45) is 0. The standard InChI is InChI=1S/C15H10F2N2S/c16-10-5-9(6-11(17)7-10)15-19-14(8-20-15)12-3-1-2-4-13(12)18/h1-8H,18H2. The summed E-state index contributed by atoms with van der Waals surface area (Å²) in [7, 11) is 0. The van der Waals surface area contributed by atoms with E-state index in [1.165, 1.54) is 23.5 Å². The highest BCUT2D eigenvalue weighted by Crippen LogP contribution is 2.31. The van der Waals surface area contributed by atoms with Crippen LogP contribution in [0, 0.1) is 11.6 Å². The Balaban J connectivity index is 2.04. The minimum atomic E-state index is -0.615. The minimum Gasteiger partial charge on any atom is -0.398 e. The molecule has 0 fully saturated rings. The summed E-state index contributed by atoms with van der Waals surface area (Å²) in [5.74, 6) is -1.23. The van der Waals surface area contributed by atoms with E-state index in [0.717, 1.165) is 11.6 Å².